The van der Waals surface area contributed by atoms with Gasteiger partial charge in [0.15, 0.2) is 0 Å². The second-order valence-electron chi connectivity index (χ2n) is 24.0. The summed E-state index contributed by atoms with van der Waals surface area (Å²) in [5.41, 5.74) is 3.66. The molecule has 0 radical (unpaired) electrons. The first kappa shape index (κ1) is 82.1. The number of rotatable bonds is 27. The van der Waals surface area contributed by atoms with Crippen molar-refractivity contribution in [1.29, 1.82) is 0 Å². The van der Waals surface area contributed by atoms with Crippen molar-refractivity contribution >= 4 is 60.5 Å². The lowest BCUT2D eigenvalue weighted by atomic mass is 9.98. The number of anilines is 1. The van der Waals surface area contributed by atoms with Gasteiger partial charge in [0, 0.05) is 133 Å². The van der Waals surface area contributed by atoms with Crippen molar-refractivity contribution in [2.24, 2.45) is 0 Å². The van der Waals surface area contributed by atoms with Gasteiger partial charge >= 0.3 is 5.97 Å². The average Bonchev–Trinajstić information content (AvgIpc) is 0.918. The molecule has 3 unspecified atom stereocenters. The van der Waals surface area contributed by atoms with Gasteiger partial charge in [-0.3, -0.25) is 14.4 Å². The molecular formula is C70H112N6O12P2-2. The number of amides is 2. The molecule has 2 amide bonds. The Labute approximate surface area is 540 Å². The monoisotopic (exact) mass is 1290 g/mol. The quantitative estimate of drug-likeness (QED) is 0.0157. The molecule has 2 aliphatic heterocycles. The SMILES string of the molecule is C.C.CCN(CC)CC.CCN(CC)CC.Cc1ccc2c(P(=O)([O-])CCC(=O)N(C)CCCCCC(=O)[O-])c3ccc(=[N+](C)C)cc-3oc2c1.Cc1ccc2c(c1)Oc1cc(N(C)C)ccc1C2P(=O)([O-])CCC(=O)N(C)CCCCCC(=O)OC(C)(C)C. The molecule has 1 aliphatic carbocycles. The molecule has 6 rings (SSSR count). The van der Waals surface area contributed by atoms with Crippen molar-refractivity contribution in [1.82, 2.24) is 24.2 Å². The number of benzene rings is 4. The van der Waals surface area contributed by atoms with E-state index < -0.39 is 32.0 Å². The lowest BCUT2D eigenvalue weighted by Gasteiger charge is -2.38. The Morgan fingerprint density at radius 1 is 0.611 bits per heavy atom. The maximum atomic E-state index is 13.8. The van der Waals surface area contributed by atoms with Crippen LogP contribution in [0.1, 0.15) is 169 Å². The number of unbranched alkanes of at least 4 members (excludes halogenated alkanes) is 4. The highest BCUT2D eigenvalue weighted by Crippen LogP contribution is 2.62. The summed E-state index contributed by atoms with van der Waals surface area (Å²) in [5, 5.41) is 12.1. The predicted molar refractivity (Wildman–Crippen MR) is 366 cm³/mol. The fourth-order valence-corrected chi connectivity index (χ4v) is 13.9. The number of hydrogen-bond donors (Lipinski definition) is 0. The number of aliphatic carboxylic acids is 1. The van der Waals surface area contributed by atoms with Gasteiger partial charge < -0.3 is 67.2 Å². The third-order valence-electron chi connectivity index (χ3n) is 15.5. The molecule has 3 aliphatic rings. The number of carbonyl (C=O) groups is 4. The van der Waals surface area contributed by atoms with Crippen LogP contribution in [-0.4, -0.2) is 156 Å². The first-order valence-corrected chi connectivity index (χ1v) is 35.1. The van der Waals surface area contributed by atoms with E-state index in [1.165, 1.54) is 44.2 Å². The second-order valence-corrected chi connectivity index (χ2v) is 28.6. The van der Waals surface area contributed by atoms with Crippen LogP contribution >= 0.6 is 14.7 Å². The number of carbonyl (C=O) groups excluding carboxylic acids is 4. The van der Waals surface area contributed by atoms with Crippen molar-refractivity contribution < 1.29 is 57.1 Å². The van der Waals surface area contributed by atoms with E-state index in [-0.39, 0.29) is 69.5 Å². The molecule has 0 saturated heterocycles. The van der Waals surface area contributed by atoms with Gasteiger partial charge in [0.05, 0.1) is 11.7 Å². The van der Waals surface area contributed by atoms with Crippen molar-refractivity contribution in [3.63, 3.8) is 0 Å². The zero-order valence-electron chi connectivity index (χ0n) is 56.1. The van der Waals surface area contributed by atoms with Gasteiger partial charge in [-0.15, -0.1) is 0 Å². The van der Waals surface area contributed by atoms with Crippen LogP contribution in [0, 0.1) is 13.8 Å². The van der Waals surface area contributed by atoms with Crippen LogP contribution in [0.5, 0.6) is 11.5 Å². The summed E-state index contributed by atoms with van der Waals surface area (Å²) >= 11 is 0. The number of esters is 1. The minimum atomic E-state index is -4.17. The van der Waals surface area contributed by atoms with Crippen molar-refractivity contribution in [2.45, 2.75) is 166 Å². The van der Waals surface area contributed by atoms with Gasteiger partial charge in [-0.05, 0) is 148 Å². The van der Waals surface area contributed by atoms with E-state index in [9.17, 15) is 43.2 Å². The van der Waals surface area contributed by atoms with Crippen LogP contribution in [0.25, 0.3) is 22.3 Å². The number of ether oxygens (including phenoxy) is 2. The van der Waals surface area contributed by atoms with Crippen LogP contribution in [0.3, 0.4) is 0 Å². The summed E-state index contributed by atoms with van der Waals surface area (Å²) in [6, 6.07) is 22.0. The molecule has 0 fully saturated rings. The molecule has 0 spiro atoms. The van der Waals surface area contributed by atoms with Gasteiger partial charge in [-0.2, -0.15) is 0 Å². The molecule has 0 aromatic heterocycles. The lowest BCUT2D eigenvalue weighted by Crippen LogP contribution is -2.30. The van der Waals surface area contributed by atoms with Crippen LogP contribution in [0.2, 0.25) is 0 Å². The normalized spacial score (nSPS) is 13.5. The van der Waals surface area contributed by atoms with Gasteiger partial charge in [0.25, 0.3) is 0 Å². The third-order valence-corrected chi connectivity index (χ3v) is 19.7. The summed E-state index contributed by atoms with van der Waals surface area (Å²) in [6.07, 6.45) is 3.59. The molecule has 3 aromatic carbocycles. The lowest BCUT2D eigenvalue weighted by molar-refractivity contribution is -0.305. The van der Waals surface area contributed by atoms with E-state index in [1.54, 1.807) is 31.1 Å². The Morgan fingerprint density at radius 2 is 1.10 bits per heavy atom. The Hall–Kier alpha value is -5.87. The smallest absolute Gasteiger partial charge is 0.306 e. The maximum Gasteiger partial charge on any atom is 0.306 e. The van der Waals surface area contributed by atoms with Crippen molar-refractivity contribution in [3.8, 4) is 22.8 Å². The summed E-state index contributed by atoms with van der Waals surface area (Å²) in [7, 11) is 2.70. The molecule has 3 atom stereocenters. The van der Waals surface area contributed by atoms with E-state index in [4.69, 9.17) is 13.9 Å². The topological polar surface area (TPSA) is 222 Å². The highest BCUT2D eigenvalue weighted by molar-refractivity contribution is 7.65. The Morgan fingerprint density at radius 3 is 1.59 bits per heavy atom. The highest BCUT2D eigenvalue weighted by Gasteiger charge is 2.36. The first-order chi connectivity index (χ1) is 41.4. The zero-order valence-corrected chi connectivity index (χ0v) is 57.9. The second kappa shape index (κ2) is 39.5. The Balaban J connectivity index is 0.000000730. The molecule has 3 aromatic rings. The van der Waals surface area contributed by atoms with E-state index in [0.29, 0.717) is 90.1 Å². The van der Waals surface area contributed by atoms with Gasteiger partial charge in [-0.25, -0.2) is 4.58 Å². The number of nitrogens with zero attached hydrogens (tertiary/aromatic N) is 6. The van der Waals surface area contributed by atoms with Crippen LogP contribution in [0.4, 0.5) is 5.69 Å². The van der Waals surface area contributed by atoms with E-state index in [1.807, 2.05) is 133 Å². The van der Waals surface area contributed by atoms with Gasteiger partial charge in [0.1, 0.15) is 42.5 Å². The summed E-state index contributed by atoms with van der Waals surface area (Å²) in [5.74, 6) is -0.242. The van der Waals surface area contributed by atoms with Crippen molar-refractivity contribution in [2.75, 3.05) is 112 Å². The molecule has 0 saturated carbocycles. The molecule has 2 heterocycles. The molecule has 0 bridgehead atoms. The Bertz CT molecular complexity index is 3160. The summed E-state index contributed by atoms with van der Waals surface area (Å²) < 4.78 is 46.8. The minimum absolute atomic E-state index is 0. The number of fused-ring (bicyclic) bond motifs is 4. The van der Waals surface area contributed by atoms with E-state index >= 15 is 0 Å². The summed E-state index contributed by atoms with van der Waals surface area (Å²) in [6.45, 7) is 30.6. The molecule has 20 heteroatoms. The number of hydrogen-bond acceptors (Lipinski definition) is 15. The maximum absolute atomic E-state index is 13.8. The molecule has 18 nitrogen and oxygen atoms in total. The van der Waals surface area contributed by atoms with Gasteiger partial charge in [0.2, 0.25) is 17.2 Å². The average molecular weight is 1290 g/mol. The highest BCUT2D eigenvalue weighted by atomic mass is 31.2. The fourth-order valence-electron chi connectivity index (χ4n) is 10.1. The number of carboxylic acids is 1. The molecular weight excluding hydrogens is 1180 g/mol. The van der Waals surface area contributed by atoms with E-state index in [0.717, 1.165) is 35.0 Å². The third kappa shape index (κ3) is 26.4. The minimum Gasteiger partial charge on any atom is -0.799 e. The molecule has 506 valence electrons. The number of carboxylic acid groups (broad SMARTS) is 1. The van der Waals surface area contributed by atoms with Crippen LogP contribution in [0.15, 0.2) is 77.2 Å². The first-order valence-electron chi connectivity index (χ1n) is 31.4. The van der Waals surface area contributed by atoms with Crippen molar-refractivity contribution in [3.05, 3.63) is 100 Å². The van der Waals surface area contributed by atoms with Crippen LogP contribution in [-0.2, 0) is 33.0 Å². The Kier molecular flexibility index (Phi) is 36.1. The molecule has 0 N–H and O–H groups in total. The largest absolute Gasteiger partial charge is 0.799 e. The van der Waals surface area contributed by atoms with E-state index in [2.05, 4.69) is 51.3 Å². The fraction of sp³-hybridized carbons (Fsp3) is 0.586. The van der Waals surface area contributed by atoms with Crippen LogP contribution < -0.4 is 39.8 Å². The zero-order chi connectivity index (χ0) is 66.1. The predicted octanol–water partition coefficient (Wildman–Crippen LogP) is 10.9. The van der Waals surface area contributed by atoms with Gasteiger partial charge in [-0.1, -0.05) is 99.6 Å². The molecule has 90 heavy (non-hydrogen) atoms. The number of aryl methyl sites for hydroxylation is 2. The summed E-state index contributed by atoms with van der Waals surface area (Å²) in [4.78, 5) is 84.9. The standard InChI is InChI=1S/C30H43N2O6P.C26H33N2O6P.2C6H15N.2CH4/c1-21-12-14-23-25(19-21)37-26-20-22(31(5)6)13-15-24(26)29(23)39(35,36)18-16-27(33)32(7)17-10-8-9-11-28(34)38-30(2,3)4;1-18-9-11-20-22(16-18)34-23-17-19(27(2)3)10-12-21(23)26(20)35(32,33)15-13-24(29)28(4)14-7-5-6-8-25(30)31;2*1-4-7(5-2)6-3;;/h12-15,19-20,29H,8-11,16-18H2,1-7H3,(H,35,36);9-12,16-17H,5-8,13-15H2,1-4H3,(H-,30,31,32,33);2*4-6H2,1-3H3;2*1H4/p-2.